The number of nitrogens with zero attached hydrogens (tertiary/aromatic N) is 2. The van der Waals surface area contributed by atoms with Crippen LogP contribution in [0.25, 0.3) is 11.0 Å². The van der Waals surface area contributed by atoms with Gasteiger partial charge in [-0.1, -0.05) is 12.1 Å². The molecule has 2 fully saturated rings. The van der Waals surface area contributed by atoms with E-state index in [2.05, 4.69) is 20.9 Å². The second-order valence-corrected chi connectivity index (χ2v) is 10.4. The molecule has 0 bridgehead atoms. The van der Waals surface area contributed by atoms with Crippen LogP contribution in [0.5, 0.6) is 5.75 Å². The Morgan fingerprint density at radius 1 is 1.38 bits per heavy atom. The quantitative estimate of drug-likeness (QED) is 0.578. The van der Waals surface area contributed by atoms with Crippen LogP contribution in [0.1, 0.15) is 52.0 Å². The lowest BCUT2D eigenvalue weighted by Gasteiger charge is -2.44. The molecule has 1 spiro atoms. The van der Waals surface area contributed by atoms with Crippen molar-refractivity contribution >= 4 is 26.5 Å². The van der Waals surface area contributed by atoms with Gasteiger partial charge in [-0.15, -0.1) is 0 Å². The van der Waals surface area contributed by atoms with Crippen LogP contribution in [0, 0.1) is 6.92 Å². The Morgan fingerprint density at radius 2 is 2.19 bits per heavy atom. The topological polar surface area (TPSA) is 87.7 Å². The fourth-order valence-electron chi connectivity index (χ4n) is 4.99. The van der Waals surface area contributed by atoms with Crippen molar-refractivity contribution in [1.82, 2.24) is 14.9 Å². The van der Waals surface area contributed by atoms with E-state index in [0.29, 0.717) is 15.1 Å². The summed E-state index contributed by atoms with van der Waals surface area (Å²) in [6.07, 6.45) is 4.96. The number of aromatic nitrogens is 2. The highest BCUT2D eigenvalue weighted by molar-refractivity contribution is 6.42. The highest BCUT2D eigenvalue weighted by Gasteiger charge is 2.44. The maximum absolute atomic E-state index is 11.3. The van der Waals surface area contributed by atoms with Gasteiger partial charge < -0.3 is 19.6 Å². The van der Waals surface area contributed by atoms with Crippen LogP contribution < -0.4 is 4.74 Å². The molecule has 3 aromatic rings. The number of benzene rings is 2. The van der Waals surface area contributed by atoms with Crippen molar-refractivity contribution in [3.63, 3.8) is 0 Å². The number of carboxylic acids is 1. The van der Waals surface area contributed by atoms with Gasteiger partial charge >= 0.3 is 5.97 Å². The number of imidazole rings is 1. The Kier molecular flexibility index (Phi) is 5.52. The van der Waals surface area contributed by atoms with Crippen molar-refractivity contribution < 1.29 is 19.4 Å². The Morgan fingerprint density at radius 3 is 2.88 bits per heavy atom. The van der Waals surface area contributed by atoms with Gasteiger partial charge in [-0.05, 0) is 55.5 Å². The average Bonchev–Trinajstić information content (AvgIpc) is 3.47. The Bertz CT molecular complexity index is 1140. The highest BCUT2D eigenvalue weighted by atomic mass is 28.2. The van der Waals surface area contributed by atoms with Crippen molar-refractivity contribution in [2.75, 3.05) is 20.3 Å². The van der Waals surface area contributed by atoms with Gasteiger partial charge in [-0.2, -0.15) is 0 Å². The fraction of sp³-hybridized carbons (Fsp3) is 0.417. The Hall–Kier alpha value is -2.68. The number of rotatable bonds is 5. The zero-order valence-electron chi connectivity index (χ0n) is 18.4. The van der Waals surface area contributed by atoms with Gasteiger partial charge in [0.2, 0.25) is 0 Å². The normalized spacial score (nSPS) is 23.8. The standard InChI is InChI=1S/C24H27N3O4Si/c1-15-12-19(30-2)18(21-20(15)25-14-26-21)13-27-10-9-24(8-3-11-31-24)32-22(27)16-4-6-17(7-5-16)23(28)29/h4-7,12,14,22H,3,8-11,13H2,1-2H3,(H,25,26)(H,28,29)/t22-,24+/m0/s1. The minimum absolute atomic E-state index is 0.0483. The molecule has 2 N–H and O–H groups in total. The molecule has 0 saturated carbocycles. The van der Waals surface area contributed by atoms with Crippen molar-refractivity contribution in [1.29, 1.82) is 0 Å². The van der Waals surface area contributed by atoms with E-state index in [1.807, 2.05) is 19.1 Å². The molecule has 32 heavy (non-hydrogen) atoms. The fourth-order valence-corrected chi connectivity index (χ4v) is 7.01. The predicted octanol–water partition coefficient (Wildman–Crippen LogP) is 3.69. The summed E-state index contributed by atoms with van der Waals surface area (Å²) in [7, 11) is 2.30. The molecule has 3 heterocycles. The maximum Gasteiger partial charge on any atom is 0.335 e. The lowest BCUT2D eigenvalue weighted by molar-refractivity contribution is 0.0323. The molecule has 7 nitrogen and oxygen atoms in total. The summed E-state index contributed by atoms with van der Waals surface area (Å²) in [6.45, 7) is 4.51. The largest absolute Gasteiger partial charge is 0.496 e. The molecule has 0 amide bonds. The van der Waals surface area contributed by atoms with Crippen LogP contribution in [-0.4, -0.2) is 60.9 Å². The number of hydrogen-bond donors (Lipinski definition) is 2. The molecule has 2 atom stereocenters. The van der Waals surface area contributed by atoms with E-state index >= 15 is 0 Å². The van der Waals surface area contributed by atoms with Gasteiger partial charge in [-0.25, -0.2) is 9.78 Å². The number of fused-ring (bicyclic) bond motifs is 1. The lowest BCUT2D eigenvalue weighted by atomic mass is 10.0. The Labute approximate surface area is 189 Å². The van der Waals surface area contributed by atoms with Crippen molar-refractivity contribution in [2.24, 2.45) is 0 Å². The molecule has 2 aromatic carbocycles. The summed E-state index contributed by atoms with van der Waals surface area (Å²) in [5.41, 5.74) is 5.78. The van der Waals surface area contributed by atoms with E-state index in [4.69, 9.17) is 9.47 Å². The van der Waals surface area contributed by atoms with E-state index in [-0.39, 0.29) is 10.9 Å². The zero-order valence-corrected chi connectivity index (χ0v) is 19.4. The molecule has 0 unspecified atom stereocenters. The summed E-state index contributed by atoms with van der Waals surface area (Å²) in [6, 6.07) is 9.39. The first kappa shape index (κ1) is 21.2. The first-order valence-electron chi connectivity index (χ1n) is 11.0. The zero-order chi connectivity index (χ0) is 22.3. The van der Waals surface area contributed by atoms with Gasteiger partial charge in [0, 0.05) is 30.9 Å². The number of hydrogen-bond acceptors (Lipinski definition) is 5. The third-order valence-corrected chi connectivity index (χ3v) is 8.83. The summed E-state index contributed by atoms with van der Waals surface area (Å²) in [5, 5.41) is 9.26. The van der Waals surface area contributed by atoms with Gasteiger partial charge in [0.15, 0.2) is 0 Å². The number of carboxylic acid groups (broad SMARTS) is 1. The van der Waals surface area contributed by atoms with E-state index in [0.717, 1.165) is 72.4 Å². The first-order valence-corrected chi connectivity index (χ1v) is 12.1. The summed E-state index contributed by atoms with van der Waals surface area (Å²) >= 11 is 0. The van der Waals surface area contributed by atoms with Crippen LogP contribution >= 0.6 is 0 Å². The number of aromatic carboxylic acids is 1. The van der Waals surface area contributed by atoms with Crippen molar-refractivity contribution in [2.45, 2.75) is 43.6 Å². The summed E-state index contributed by atoms with van der Waals surface area (Å²) < 4.78 is 12.0. The molecule has 1 aromatic heterocycles. The van der Waals surface area contributed by atoms with Crippen LogP contribution in [0.15, 0.2) is 36.7 Å². The highest BCUT2D eigenvalue weighted by Crippen LogP contribution is 2.40. The van der Waals surface area contributed by atoms with Crippen molar-refractivity contribution in [3.05, 3.63) is 58.9 Å². The molecule has 0 aliphatic carbocycles. The van der Waals surface area contributed by atoms with Gasteiger partial charge in [0.25, 0.3) is 0 Å². The van der Waals surface area contributed by atoms with E-state index in [9.17, 15) is 9.90 Å². The number of carbonyl (C=O) groups is 1. The molecule has 2 aliphatic rings. The molecular formula is C24H27N3O4Si. The van der Waals surface area contributed by atoms with E-state index < -0.39 is 5.97 Å². The SMILES string of the molecule is COc1cc(C)c2nc[nH]c2c1CN1CC[C@@]2(CCCO2)[Si][C@H]1c1ccc(C(=O)O)cc1. The first-order chi connectivity index (χ1) is 15.5. The maximum atomic E-state index is 11.3. The monoisotopic (exact) mass is 449 g/mol. The molecule has 2 aliphatic heterocycles. The second-order valence-electron chi connectivity index (χ2n) is 8.64. The molecular weight excluding hydrogens is 422 g/mol. The number of methoxy groups -OCH3 is 1. The van der Waals surface area contributed by atoms with Crippen molar-refractivity contribution in [3.8, 4) is 5.75 Å². The predicted molar refractivity (Wildman–Crippen MR) is 122 cm³/mol. The third-order valence-electron chi connectivity index (χ3n) is 6.69. The summed E-state index contributed by atoms with van der Waals surface area (Å²) in [5.74, 6) is -0.0407. The minimum atomic E-state index is -0.902. The lowest BCUT2D eigenvalue weighted by Crippen LogP contribution is -2.52. The number of aryl methyl sites for hydroxylation is 1. The number of aromatic amines is 1. The average molecular weight is 450 g/mol. The smallest absolute Gasteiger partial charge is 0.335 e. The molecule has 2 radical (unpaired) electrons. The van der Waals surface area contributed by atoms with Crippen LogP contribution in [0.3, 0.4) is 0 Å². The van der Waals surface area contributed by atoms with Gasteiger partial charge in [-0.3, -0.25) is 4.90 Å². The molecule has 166 valence electrons. The summed E-state index contributed by atoms with van der Waals surface area (Å²) in [4.78, 5) is 21.6. The van der Waals surface area contributed by atoms with E-state index in [1.165, 1.54) is 0 Å². The Balaban J connectivity index is 1.52. The van der Waals surface area contributed by atoms with Gasteiger partial charge in [0.1, 0.15) is 15.3 Å². The number of ether oxygens (including phenoxy) is 2. The van der Waals surface area contributed by atoms with Gasteiger partial charge in [0.05, 0.1) is 35.3 Å². The molecule has 8 heteroatoms. The third kappa shape index (κ3) is 3.72. The van der Waals surface area contributed by atoms with Crippen LogP contribution in [0.2, 0.25) is 0 Å². The van der Waals surface area contributed by atoms with E-state index in [1.54, 1.807) is 25.6 Å². The second kappa shape index (κ2) is 8.35. The molecule has 5 rings (SSSR count). The molecule has 2 saturated heterocycles. The number of H-pyrrole nitrogens is 1. The van der Waals surface area contributed by atoms with Crippen LogP contribution in [0.4, 0.5) is 0 Å². The van der Waals surface area contributed by atoms with Crippen LogP contribution in [-0.2, 0) is 11.3 Å². The minimum Gasteiger partial charge on any atom is -0.496 e. The number of nitrogens with one attached hydrogen (secondary N) is 1.